The van der Waals surface area contributed by atoms with Gasteiger partial charge in [0.1, 0.15) is 0 Å². The number of carbonyl (C=O) groups excluding carboxylic acids is 2. The van der Waals surface area contributed by atoms with Gasteiger partial charge in [0.15, 0.2) is 11.3 Å². The number of amides is 1. The third-order valence-corrected chi connectivity index (χ3v) is 4.24. The van der Waals surface area contributed by atoms with Gasteiger partial charge in [-0.15, -0.1) is 0 Å². The van der Waals surface area contributed by atoms with Crippen LogP contribution in [0.4, 0.5) is 19.1 Å². The van der Waals surface area contributed by atoms with Crippen molar-refractivity contribution in [3.8, 4) is 0 Å². The number of rotatable bonds is 4. The lowest BCUT2D eigenvalue weighted by Gasteiger charge is -2.18. The molecule has 0 saturated carbocycles. The average molecular weight is 435 g/mol. The van der Waals surface area contributed by atoms with Crippen molar-refractivity contribution in [2.45, 2.75) is 39.4 Å². The highest BCUT2D eigenvalue weighted by Crippen LogP contribution is 2.29. The summed E-state index contributed by atoms with van der Waals surface area (Å²) in [4.78, 5) is 33.1. The Morgan fingerprint density at radius 1 is 1.10 bits per heavy atom. The molecule has 0 radical (unpaired) electrons. The maximum Gasteiger partial charge on any atom is 0.416 e. The minimum Gasteiger partial charge on any atom is -0.461 e. The molecule has 1 amide bonds. The summed E-state index contributed by atoms with van der Waals surface area (Å²) in [5.41, 5.74) is -1.23. The number of esters is 1. The van der Waals surface area contributed by atoms with E-state index in [0.717, 1.165) is 24.3 Å². The van der Waals surface area contributed by atoms with E-state index in [1.54, 1.807) is 17.8 Å². The van der Waals surface area contributed by atoms with Crippen LogP contribution in [0.1, 0.15) is 54.1 Å². The van der Waals surface area contributed by atoms with Crippen LogP contribution in [0.25, 0.3) is 11.0 Å². The first-order chi connectivity index (χ1) is 14.4. The highest BCUT2D eigenvalue weighted by atomic mass is 19.4. The van der Waals surface area contributed by atoms with E-state index >= 15 is 0 Å². The normalized spacial score (nSPS) is 12.1. The van der Waals surface area contributed by atoms with Gasteiger partial charge in [-0.3, -0.25) is 14.8 Å². The minimum atomic E-state index is -4.51. The van der Waals surface area contributed by atoms with E-state index in [1.807, 2.05) is 20.8 Å². The van der Waals surface area contributed by atoms with Gasteiger partial charge in [0, 0.05) is 11.8 Å². The molecule has 0 fully saturated rings. The Morgan fingerprint density at radius 2 is 1.74 bits per heavy atom. The molecule has 0 bridgehead atoms. The van der Waals surface area contributed by atoms with E-state index in [9.17, 15) is 22.8 Å². The fourth-order valence-electron chi connectivity index (χ4n) is 2.64. The summed E-state index contributed by atoms with van der Waals surface area (Å²) in [6.45, 7) is 7.48. The van der Waals surface area contributed by atoms with Crippen LogP contribution in [0.3, 0.4) is 0 Å². The molecule has 164 valence electrons. The molecule has 0 spiro atoms. The van der Waals surface area contributed by atoms with Crippen molar-refractivity contribution in [1.29, 1.82) is 0 Å². The average Bonchev–Trinajstić information content (AvgIpc) is 3.11. The fraction of sp³-hybridized carbons (Fsp3) is 0.350. The smallest absolute Gasteiger partial charge is 0.416 e. The largest absolute Gasteiger partial charge is 0.461 e. The summed E-state index contributed by atoms with van der Waals surface area (Å²) in [7, 11) is 0. The molecule has 11 heteroatoms. The SMILES string of the molecule is CCOC(=O)c1nc(NC(=O)c2ccc(C(F)(F)F)cc2)nc2nn(C(C)(C)C)cc12. The zero-order valence-electron chi connectivity index (χ0n) is 17.2. The van der Waals surface area contributed by atoms with E-state index in [0.29, 0.717) is 5.39 Å². The van der Waals surface area contributed by atoms with Gasteiger partial charge in [-0.1, -0.05) is 0 Å². The first kappa shape index (κ1) is 22.2. The van der Waals surface area contributed by atoms with Crippen LogP contribution < -0.4 is 5.32 Å². The lowest BCUT2D eigenvalue weighted by molar-refractivity contribution is -0.137. The lowest BCUT2D eigenvalue weighted by atomic mass is 10.1. The first-order valence-corrected chi connectivity index (χ1v) is 9.33. The zero-order valence-corrected chi connectivity index (χ0v) is 17.2. The number of nitrogens with zero attached hydrogens (tertiary/aromatic N) is 4. The number of aromatic nitrogens is 4. The van der Waals surface area contributed by atoms with Crippen LogP contribution >= 0.6 is 0 Å². The third-order valence-electron chi connectivity index (χ3n) is 4.24. The number of anilines is 1. The molecule has 0 aliphatic heterocycles. The number of carbonyl (C=O) groups is 2. The Kier molecular flexibility index (Phi) is 5.70. The number of hydrogen-bond donors (Lipinski definition) is 1. The molecule has 1 N–H and O–H groups in total. The molecule has 0 unspecified atom stereocenters. The summed E-state index contributed by atoms with van der Waals surface area (Å²) < 4.78 is 44.8. The Morgan fingerprint density at radius 3 is 2.29 bits per heavy atom. The van der Waals surface area contributed by atoms with Gasteiger partial charge in [0.25, 0.3) is 5.91 Å². The summed E-state index contributed by atoms with van der Waals surface area (Å²) in [5, 5.41) is 7.09. The van der Waals surface area contributed by atoms with E-state index in [2.05, 4.69) is 20.4 Å². The van der Waals surface area contributed by atoms with Crippen LogP contribution in [0.15, 0.2) is 30.5 Å². The van der Waals surface area contributed by atoms with Gasteiger partial charge in [0.05, 0.1) is 23.1 Å². The lowest BCUT2D eigenvalue weighted by Crippen LogP contribution is -2.22. The Hall–Kier alpha value is -3.50. The van der Waals surface area contributed by atoms with Gasteiger partial charge in [0.2, 0.25) is 5.95 Å². The fourth-order valence-corrected chi connectivity index (χ4v) is 2.64. The number of ether oxygens (including phenoxy) is 1. The molecule has 0 saturated heterocycles. The number of fused-ring (bicyclic) bond motifs is 1. The summed E-state index contributed by atoms with van der Waals surface area (Å²) in [5.74, 6) is -1.67. The molecule has 0 aliphatic carbocycles. The third kappa shape index (κ3) is 4.81. The van der Waals surface area contributed by atoms with Crippen LogP contribution in [0.2, 0.25) is 0 Å². The molecule has 3 rings (SSSR count). The monoisotopic (exact) mass is 435 g/mol. The number of benzene rings is 1. The maximum atomic E-state index is 12.7. The molecule has 3 aromatic rings. The zero-order chi connectivity index (χ0) is 23.0. The number of hydrogen-bond acceptors (Lipinski definition) is 6. The molecule has 8 nitrogen and oxygen atoms in total. The molecule has 0 aliphatic rings. The topological polar surface area (TPSA) is 99.0 Å². The van der Waals surface area contributed by atoms with Gasteiger partial charge in [-0.05, 0) is 52.0 Å². The van der Waals surface area contributed by atoms with Crippen molar-refractivity contribution in [3.63, 3.8) is 0 Å². The first-order valence-electron chi connectivity index (χ1n) is 9.33. The second kappa shape index (κ2) is 7.97. The molecule has 0 atom stereocenters. The number of halogens is 3. The van der Waals surface area contributed by atoms with Crippen molar-refractivity contribution in [2.24, 2.45) is 0 Å². The highest BCUT2D eigenvalue weighted by molar-refractivity contribution is 6.05. The second-order valence-corrected chi connectivity index (χ2v) is 7.63. The highest BCUT2D eigenvalue weighted by Gasteiger charge is 2.30. The molecule has 1 aromatic carbocycles. The van der Waals surface area contributed by atoms with Crippen molar-refractivity contribution >= 4 is 28.9 Å². The van der Waals surface area contributed by atoms with Gasteiger partial charge >= 0.3 is 12.1 Å². The van der Waals surface area contributed by atoms with E-state index in [-0.39, 0.29) is 29.5 Å². The van der Waals surface area contributed by atoms with Crippen molar-refractivity contribution in [1.82, 2.24) is 19.7 Å². The summed E-state index contributed by atoms with van der Waals surface area (Å²) >= 11 is 0. The predicted octanol–water partition coefficient (Wildman–Crippen LogP) is 4.03. The standard InChI is InChI=1S/C20H20F3N5O3/c1-5-31-17(30)14-13-10-28(19(2,3)4)27-15(13)25-18(24-14)26-16(29)11-6-8-12(9-7-11)20(21,22)23/h6-10H,5H2,1-4H3,(H,25,26,27,29). The van der Waals surface area contributed by atoms with Crippen LogP contribution in [-0.4, -0.2) is 38.2 Å². The van der Waals surface area contributed by atoms with Gasteiger partial charge < -0.3 is 4.74 Å². The molecular weight excluding hydrogens is 415 g/mol. The Balaban J connectivity index is 1.97. The van der Waals surface area contributed by atoms with Crippen molar-refractivity contribution in [3.05, 3.63) is 47.3 Å². The molecule has 2 heterocycles. The quantitative estimate of drug-likeness (QED) is 0.622. The van der Waals surface area contributed by atoms with Gasteiger partial charge in [-0.25, -0.2) is 9.78 Å². The summed E-state index contributed by atoms with van der Waals surface area (Å²) in [6.07, 6.45) is -2.90. The van der Waals surface area contributed by atoms with E-state index in [1.165, 1.54) is 0 Å². The molecular formula is C20H20F3N5O3. The van der Waals surface area contributed by atoms with Crippen molar-refractivity contribution in [2.75, 3.05) is 11.9 Å². The number of alkyl halides is 3. The van der Waals surface area contributed by atoms with Crippen LogP contribution in [-0.2, 0) is 16.5 Å². The Bertz CT molecular complexity index is 1130. The number of nitrogens with one attached hydrogen (secondary N) is 1. The minimum absolute atomic E-state index is 0.0328. The summed E-state index contributed by atoms with van der Waals surface area (Å²) in [6, 6.07) is 3.68. The van der Waals surface area contributed by atoms with Crippen LogP contribution in [0.5, 0.6) is 0 Å². The van der Waals surface area contributed by atoms with E-state index in [4.69, 9.17) is 4.74 Å². The predicted molar refractivity (Wildman–Crippen MR) is 106 cm³/mol. The molecule has 2 aromatic heterocycles. The Labute approximate surface area is 175 Å². The second-order valence-electron chi connectivity index (χ2n) is 7.63. The molecule has 31 heavy (non-hydrogen) atoms. The van der Waals surface area contributed by atoms with Crippen molar-refractivity contribution < 1.29 is 27.5 Å². The van der Waals surface area contributed by atoms with E-state index < -0.39 is 29.2 Å². The maximum absolute atomic E-state index is 12.7. The van der Waals surface area contributed by atoms with Crippen LogP contribution in [0, 0.1) is 0 Å². The van der Waals surface area contributed by atoms with Gasteiger partial charge in [-0.2, -0.15) is 23.3 Å².